The largest absolute Gasteiger partial charge is 0.374 e. The van der Waals surface area contributed by atoms with Gasteiger partial charge in [-0.05, 0) is 32.6 Å². The Bertz CT molecular complexity index is 307. The fourth-order valence-electron chi connectivity index (χ4n) is 2.56. The molecule has 0 aromatic heterocycles. The summed E-state index contributed by atoms with van der Waals surface area (Å²) >= 11 is 0. The number of hydrogen-bond acceptors (Lipinski definition) is 2. The van der Waals surface area contributed by atoms with E-state index in [1.807, 2.05) is 0 Å². The Labute approximate surface area is 89.2 Å². The average molecular weight is 208 g/mol. The highest BCUT2D eigenvalue weighted by Crippen LogP contribution is 2.49. The molecule has 0 aromatic carbocycles. The van der Waals surface area contributed by atoms with Gasteiger partial charge in [-0.2, -0.15) is 4.79 Å². The van der Waals surface area contributed by atoms with Gasteiger partial charge < -0.3 is 10.3 Å². The van der Waals surface area contributed by atoms with Gasteiger partial charge in [-0.3, -0.25) is 4.79 Å². The Morgan fingerprint density at radius 3 is 2.60 bits per heavy atom. The minimum atomic E-state index is -0.293. The van der Waals surface area contributed by atoms with E-state index in [1.165, 1.54) is 6.21 Å². The molecule has 1 aliphatic carbocycles. The number of fused-ring (bicyclic) bond motifs is 3. The van der Waals surface area contributed by atoms with Crippen molar-refractivity contribution in [3.63, 3.8) is 0 Å². The second kappa shape index (κ2) is 3.54. The highest BCUT2D eigenvalue weighted by Gasteiger charge is 2.50. The Hall–Kier alpha value is -0.990. The maximum absolute atomic E-state index is 12.0. The van der Waals surface area contributed by atoms with Gasteiger partial charge in [-0.1, -0.05) is 0 Å². The standard InChI is InChI=1S/C11H16N2O2/c1-10-3-5-11(6-4-10,8-15-10)9(14)2-7-13-12/h7H,2-6,8H2,1H3. The molecule has 4 heteroatoms. The quantitative estimate of drug-likeness (QED) is 0.401. The van der Waals surface area contributed by atoms with Gasteiger partial charge in [0.15, 0.2) is 5.78 Å². The minimum absolute atomic E-state index is 0.00704. The predicted octanol–water partition coefficient (Wildman–Crippen LogP) is 1.60. The minimum Gasteiger partial charge on any atom is -0.374 e. The summed E-state index contributed by atoms with van der Waals surface area (Å²) in [6, 6.07) is 0. The van der Waals surface area contributed by atoms with Gasteiger partial charge in [0.25, 0.3) is 6.21 Å². The number of Topliss-reactive ketones (excluding diaryl/α,β-unsaturated/α-hetero) is 1. The molecule has 2 bridgehead atoms. The molecule has 15 heavy (non-hydrogen) atoms. The zero-order chi connectivity index (χ0) is 10.9. The molecular weight excluding hydrogens is 192 g/mol. The number of carbonyl (C=O) groups is 1. The topological polar surface area (TPSA) is 62.7 Å². The lowest BCUT2D eigenvalue weighted by Crippen LogP contribution is -2.52. The van der Waals surface area contributed by atoms with Gasteiger partial charge in [-0.25, -0.2) is 0 Å². The molecule has 1 saturated carbocycles. The highest BCUT2D eigenvalue weighted by atomic mass is 16.5. The van der Waals surface area contributed by atoms with Crippen molar-refractivity contribution in [2.24, 2.45) is 5.41 Å². The number of ether oxygens (including phenoxy) is 1. The molecule has 0 amide bonds. The van der Waals surface area contributed by atoms with Crippen molar-refractivity contribution in [2.45, 2.75) is 44.6 Å². The van der Waals surface area contributed by atoms with E-state index in [0.717, 1.165) is 25.7 Å². The second-order valence-electron chi connectivity index (χ2n) is 4.94. The number of ketones is 1. The summed E-state index contributed by atoms with van der Waals surface area (Å²) in [4.78, 5) is 14.8. The van der Waals surface area contributed by atoms with E-state index >= 15 is 0 Å². The number of hydrogen-bond donors (Lipinski definition) is 0. The van der Waals surface area contributed by atoms with Crippen LogP contribution in [0.25, 0.3) is 5.53 Å². The van der Waals surface area contributed by atoms with E-state index < -0.39 is 0 Å². The smallest absolute Gasteiger partial charge is 0.264 e. The van der Waals surface area contributed by atoms with E-state index in [0.29, 0.717) is 6.61 Å². The Balaban J connectivity index is 2.08. The third-order valence-electron chi connectivity index (χ3n) is 3.91. The molecule has 0 radical (unpaired) electrons. The van der Waals surface area contributed by atoms with Crippen LogP contribution in [0.1, 0.15) is 39.0 Å². The van der Waals surface area contributed by atoms with Crippen LogP contribution in [0.5, 0.6) is 0 Å². The van der Waals surface area contributed by atoms with Crippen molar-refractivity contribution in [3.05, 3.63) is 5.53 Å². The van der Waals surface area contributed by atoms with Gasteiger partial charge in [-0.15, -0.1) is 0 Å². The van der Waals surface area contributed by atoms with Gasteiger partial charge in [0.1, 0.15) is 6.42 Å². The molecule has 82 valence electrons. The SMILES string of the molecule is CC12CCC(C(=O)CC=[N+]=[N-])(CC1)CO2. The monoisotopic (exact) mass is 208 g/mol. The van der Waals surface area contributed by atoms with Crippen LogP contribution < -0.4 is 0 Å². The molecule has 4 nitrogen and oxygen atoms in total. The van der Waals surface area contributed by atoms with Crippen molar-refractivity contribution in [1.29, 1.82) is 0 Å². The summed E-state index contributed by atoms with van der Waals surface area (Å²) in [5, 5.41) is 0. The van der Waals surface area contributed by atoms with E-state index in [9.17, 15) is 4.79 Å². The third kappa shape index (κ3) is 1.75. The zero-order valence-electron chi connectivity index (χ0n) is 9.03. The molecular formula is C11H16N2O2. The number of carbonyl (C=O) groups excluding carboxylic acids is 1. The molecule has 0 unspecified atom stereocenters. The van der Waals surface area contributed by atoms with Gasteiger partial charge in [0.05, 0.1) is 17.6 Å². The van der Waals surface area contributed by atoms with E-state index in [4.69, 9.17) is 10.3 Å². The van der Waals surface area contributed by atoms with Gasteiger partial charge in [0, 0.05) is 0 Å². The number of rotatable bonds is 3. The maximum atomic E-state index is 12.0. The summed E-state index contributed by atoms with van der Waals surface area (Å²) in [7, 11) is 0. The van der Waals surface area contributed by atoms with Crippen molar-refractivity contribution in [2.75, 3.05) is 6.61 Å². The maximum Gasteiger partial charge on any atom is 0.264 e. The first-order valence-electron chi connectivity index (χ1n) is 5.43. The molecule has 0 atom stereocenters. The summed E-state index contributed by atoms with van der Waals surface area (Å²) in [6.45, 7) is 2.66. The molecule has 2 aliphatic heterocycles. The summed E-state index contributed by atoms with van der Waals surface area (Å²) in [5.41, 5.74) is 8.02. The Morgan fingerprint density at radius 1 is 1.47 bits per heavy atom. The van der Waals surface area contributed by atoms with Crippen LogP contribution in [-0.4, -0.2) is 29.0 Å². The number of nitrogens with zero attached hydrogens (tertiary/aromatic N) is 2. The predicted molar refractivity (Wildman–Crippen MR) is 54.6 cm³/mol. The third-order valence-corrected chi connectivity index (χ3v) is 3.91. The van der Waals surface area contributed by atoms with Gasteiger partial charge >= 0.3 is 0 Å². The first-order chi connectivity index (χ1) is 7.10. The van der Waals surface area contributed by atoms with E-state index in [-0.39, 0.29) is 23.2 Å². The van der Waals surface area contributed by atoms with Crippen LogP contribution >= 0.6 is 0 Å². The lowest BCUT2D eigenvalue weighted by atomic mass is 9.64. The molecule has 3 rings (SSSR count). The molecule has 0 spiro atoms. The highest BCUT2D eigenvalue weighted by molar-refractivity contribution is 5.94. The average Bonchev–Trinajstić information content (AvgIpc) is 2.27. The van der Waals surface area contributed by atoms with Crippen molar-refractivity contribution in [1.82, 2.24) is 0 Å². The van der Waals surface area contributed by atoms with E-state index in [1.54, 1.807) is 0 Å². The Morgan fingerprint density at radius 2 is 2.13 bits per heavy atom. The summed E-state index contributed by atoms with van der Waals surface area (Å²) in [6.07, 6.45) is 5.25. The lowest BCUT2D eigenvalue weighted by molar-refractivity contribution is -0.181. The van der Waals surface area contributed by atoms with Crippen LogP contribution in [0.2, 0.25) is 0 Å². The molecule has 3 fully saturated rings. The first kappa shape index (κ1) is 10.5. The fourth-order valence-corrected chi connectivity index (χ4v) is 2.56. The van der Waals surface area contributed by atoms with Crippen LogP contribution in [0, 0.1) is 5.41 Å². The van der Waals surface area contributed by atoms with Crippen molar-refractivity contribution in [3.8, 4) is 0 Å². The van der Waals surface area contributed by atoms with Crippen LogP contribution in [0.15, 0.2) is 0 Å². The van der Waals surface area contributed by atoms with E-state index in [2.05, 4.69) is 11.7 Å². The molecule has 0 N–H and O–H groups in total. The Kier molecular flexibility index (Phi) is 2.49. The van der Waals surface area contributed by atoms with Crippen molar-refractivity contribution < 1.29 is 14.3 Å². The zero-order valence-corrected chi connectivity index (χ0v) is 9.03. The lowest BCUT2D eigenvalue weighted by Gasteiger charge is -2.50. The molecule has 2 heterocycles. The molecule has 0 aromatic rings. The molecule has 2 saturated heterocycles. The first-order valence-corrected chi connectivity index (χ1v) is 5.43. The summed E-state index contributed by atoms with van der Waals surface area (Å²) in [5.74, 6) is 0.155. The summed E-state index contributed by atoms with van der Waals surface area (Å²) < 4.78 is 5.74. The molecule has 3 aliphatic rings. The van der Waals surface area contributed by atoms with Crippen LogP contribution in [-0.2, 0) is 9.53 Å². The van der Waals surface area contributed by atoms with Gasteiger partial charge in [0.2, 0.25) is 0 Å². The van der Waals surface area contributed by atoms with Crippen LogP contribution in [0.4, 0.5) is 0 Å². The second-order valence-corrected chi connectivity index (χ2v) is 4.94. The normalized spacial score (nSPS) is 38.5. The fraction of sp³-hybridized carbons (Fsp3) is 0.818. The van der Waals surface area contributed by atoms with Crippen LogP contribution in [0.3, 0.4) is 0 Å². The van der Waals surface area contributed by atoms with Crippen molar-refractivity contribution >= 4 is 12.0 Å².